The molecule has 0 fully saturated rings. The van der Waals surface area contributed by atoms with Crippen LogP contribution in [-0.4, -0.2) is 36.4 Å². The Labute approximate surface area is 245 Å². The maximum atomic E-state index is 13.4. The van der Waals surface area contributed by atoms with Crippen molar-refractivity contribution in [2.75, 3.05) is 19.0 Å². The molecule has 3 aromatic carbocycles. The molecule has 4 N–H and O–H groups in total. The van der Waals surface area contributed by atoms with E-state index in [0.717, 1.165) is 11.1 Å². The van der Waals surface area contributed by atoms with Crippen LogP contribution in [0.3, 0.4) is 0 Å². The minimum absolute atomic E-state index is 0.179. The van der Waals surface area contributed by atoms with Crippen LogP contribution in [-0.2, 0) is 9.53 Å². The van der Waals surface area contributed by atoms with E-state index in [1.165, 1.54) is 0 Å². The number of nitrogens with one attached hydrogen (secondary N) is 4. The number of fused-ring (bicyclic) bond motifs is 1. The van der Waals surface area contributed by atoms with Crippen LogP contribution in [0.1, 0.15) is 73.4 Å². The number of H-pyrrole nitrogens is 1. The number of rotatable bonds is 9. The van der Waals surface area contributed by atoms with Crippen LogP contribution in [0, 0.1) is 13.8 Å². The standard InChI is InChI=1S/C34H34N4O4/c1-20-29(35-22(3)31(20)34(41)38-30(19-42-4)24-13-9-6-10-14-24)18-27-26-17-25(15-16-28(26)37-33(27)40)32(39)36-21(2)23-11-7-5-8-12-23/h5-18,21,30,35H,19H2,1-4H3,(H,36,39)(H,37,40)(H,38,41)/b27-18-. The Bertz CT molecular complexity index is 1660. The largest absolute Gasteiger partial charge is 0.382 e. The maximum Gasteiger partial charge on any atom is 0.256 e. The third-order valence-electron chi connectivity index (χ3n) is 7.54. The molecule has 0 bridgehead atoms. The summed E-state index contributed by atoms with van der Waals surface area (Å²) in [5, 5.41) is 8.98. The summed E-state index contributed by atoms with van der Waals surface area (Å²) in [6.07, 6.45) is 1.73. The zero-order chi connectivity index (χ0) is 29.8. The average Bonchev–Trinajstić information content (AvgIpc) is 3.46. The third kappa shape index (κ3) is 5.89. The molecule has 4 aromatic rings. The SMILES string of the molecule is COCC(NC(=O)c1c(C)[nH]c(/C=C2\C(=O)Nc3ccc(C(=O)NC(C)c4ccccc4)cc32)c1C)c1ccccc1. The van der Waals surface area contributed by atoms with E-state index in [1.54, 1.807) is 31.4 Å². The maximum absolute atomic E-state index is 13.4. The van der Waals surface area contributed by atoms with Gasteiger partial charge >= 0.3 is 0 Å². The second kappa shape index (κ2) is 12.3. The lowest BCUT2D eigenvalue weighted by Crippen LogP contribution is -2.31. The first-order valence-electron chi connectivity index (χ1n) is 13.8. The van der Waals surface area contributed by atoms with Gasteiger partial charge in [-0.25, -0.2) is 0 Å². The van der Waals surface area contributed by atoms with Crippen LogP contribution in [0.5, 0.6) is 0 Å². The molecule has 214 valence electrons. The lowest BCUT2D eigenvalue weighted by atomic mass is 10.0. The van der Waals surface area contributed by atoms with Crippen molar-refractivity contribution in [2.45, 2.75) is 32.9 Å². The number of methoxy groups -OCH3 is 1. The van der Waals surface area contributed by atoms with Gasteiger partial charge in [-0.3, -0.25) is 14.4 Å². The van der Waals surface area contributed by atoms with E-state index in [-0.39, 0.29) is 29.8 Å². The van der Waals surface area contributed by atoms with Crippen molar-refractivity contribution in [1.82, 2.24) is 15.6 Å². The number of aromatic amines is 1. The number of aromatic nitrogens is 1. The molecular formula is C34H34N4O4. The summed E-state index contributed by atoms with van der Waals surface area (Å²) in [5.74, 6) is -0.746. The number of hydrogen-bond acceptors (Lipinski definition) is 4. The molecule has 0 saturated heterocycles. The van der Waals surface area contributed by atoms with Crippen LogP contribution in [0.2, 0.25) is 0 Å². The van der Waals surface area contributed by atoms with Gasteiger partial charge in [-0.15, -0.1) is 0 Å². The molecular weight excluding hydrogens is 528 g/mol. The fourth-order valence-electron chi connectivity index (χ4n) is 5.28. The number of carbonyl (C=O) groups excluding carboxylic acids is 3. The molecule has 8 heteroatoms. The molecule has 8 nitrogen and oxygen atoms in total. The molecule has 42 heavy (non-hydrogen) atoms. The van der Waals surface area contributed by atoms with E-state index in [0.29, 0.717) is 51.5 Å². The zero-order valence-electron chi connectivity index (χ0n) is 24.1. The lowest BCUT2D eigenvalue weighted by molar-refractivity contribution is -0.110. The van der Waals surface area contributed by atoms with E-state index >= 15 is 0 Å². The van der Waals surface area contributed by atoms with Crippen molar-refractivity contribution in [3.63, 3.8) is 0 Å². The van der Waals surface area contributed by atoms with Crippen LogP contribution in [0.25, 0.3) is 11.6 Å². The Morgan fingerprint density at radius 1 is 0.905 bits per heavy atom. The Balaban J connectivity index is 1.40. The second-order valence-electron chi connectivity index (χ2n) is 10.4. The van der Waals surface area contributed by atoms with Gasteiger partial charge in [0.25, 0.3) is 17.7 Å². The number of hydrogen-bond donors (Lipinski definition) is 4. The van der Waals surface area contributed by atoms with Crippen molar-refractivity contribution in [3.8, 4) is 0 Å². The Morgan fingerprint density at radius 2 is 1.57 bits per heavy atom. The normalized spacial score (nSPS) is 14.7. The molecule has 3 amide bonds. The van der Waals surface area contributed by atoms with Crippen molar-refractivity contribution in [2.24, 2.45) is 0 Å². The average molecular weight is 563 g/mol. The Hall–Kier alpha value is -4.95. The zero-order valence-corrected chi connectivity index (χ0v) is 24.1. The predicted octanol–water partition coefficient (Wildman–Crippen LogP) is 5.73. The number of aryl methyl sites for hydroxylation is 1. The first kappa shape index (κ1) is 28.6. The van der Waals surface area contributed by atoms with E-state index in [9.17, 15) is 14.4 Å². The first-order valence-corrected chi connectivity index (χ1v) is 13.8. The van der Waals surface area contributed by atoms with E-state index in [2.05, 4.69) is 20.9 Å². The predicted molar refractivity (Wildman–Crippen MR) is 164 cm³/mol. The highest BCUT2D eigenvalue weighted by molar-refractivity contribution is 6.35. The van der Waals surface area contributed by atoms with Gasteiger partial charge in [-0.05, 0) is 61.7 Å². The molecule has 0 radical (unpaired) electrons. The minimum Gasteiger partial charge on any atom is -0.382 e. The second-order valence-corrected chi connectivity index (χ2v) is 10.4. The van der Waals surface area contributed by atoms with E-state index < -0.39 is 0 Å². The van der Waals surface area contributed by atoms with Gasteiger partial charge in [0.2, 0.25) is 0 Å². The van der Waals surface area contributed by atoms with E-state index in [1.807, 2.05) is 81.4 Å². The summed E-state index contributed by atoms with van der Waals surface area (Å²) in [4.78, 5) is 42.8. The number of benzene rings is 3. The van der Waals surface area contributed by atoms with Crippen molar-refractivity contribution >= 4 is 35.1 Å². The van der Waals surface area contributed by atoms with Gasteiger partial charge < -0.3 is 25.7 Å². The van der Waals surface area contributed by atoms with Gasteiger partial charge in [-0.2, -0.15) is 0 Å². The van der Waals surface area contributed by atoms with Crippen LogP contribution in [0.15, 0.2) is 78.9 Å². The fourth-order valence-corrected chi connectivity index (χ4v) is 5.28. The molecule has 1 aromatic heterocycles. The Morgan fingerprint density at radius 3 is 2.24 bits per heavy atom. The Kier molecular flexibility index (Phi) is 8.36. The summed E-state index contributed by atoms with van der Waals surface area (Å²) in [6.45, 7) is 5.93. The molecule has 2 heterocycles. The first-order chi connectivity index (χ1) is 20.3. The highest BCUT2D eigenvalue weighted by Crippen LogP contribution is 2.35. The molecule has 5 rings (SSSR count). The summed E-state index contributed by atoms with van der Waals surface area (Å²) in [5.41, 5.74) is 6.61. The highest BCUT2D eigenvalue weighted by atomic mass is 16.5. The van der Waals surface area contributed by atoms with Crippen LogP contribution < -0.4 is 16.0 Å². The quantitative estimate of drug-likeness (QED) is 0.195. The molecule has 0 aliphatic carbocycles. The smallest absolute Gasteiger partial charge is 0.256 e. The summed E-state index contributed by atoms with van der Waals surface area (Å²) >= 11 is 0. The lowest BCUT2D eigenvalue weighted by Gasteiger charge is -2.18. The van der Waals surface area contributed by atoms with Gasteiger partial charge in [0.15, 0.2) is 0 Å². The monoisotopic (exact) mass is 562 g/mol. The summed E-state index contributed by atoms with van der Waals surface area (Å²) in [6, 6.07) is 24.0. The topological polar surface area (TPSA) is 112 Å². The molecule has 2 atom stereocenters. The summed E-state index contributed by atoms with van der Waals surface area (Å²) in [7, 11) is 1.60. The molecule has 2 unspecified atom stereocenters. The molecule has 0 saturated carbocycles. The van der Waals surface area contributed by atoms with Crippen LogP contribution >= 0.6 is 0 Å². The molecule has 1 aliphatic rings. The number of amides is 3. The minimum atomic E-state index is -0.319. The van der Waals surface area contributed by atoms with Crippen molar-refractivity contribution < 1.29 is 19.1 Å². The highest BCUT2D eigenvalue weighted by Gasteiger charge is 2.27. The summed E-state index contributed by atoms with van der Waals surface area (Å²) < 4.78 is 5.36. The van der Waals surface area contributed by atoms with Crippen molar-refractivity contribution in [3.05, 3.63) is 124 Å². The van der Waals surface area contributed by atoms with Gasteiger partial charge in [0, 0.05) is 35.3 Å². The van der Waals surface area contributed by atoms with Crippen molar-refractivity contribution in [1.29, 1.82) is 0 Å². The fraction of sp³-hybridized carbons (Fsp3) is 0.206. The third-order valence-corrected chi connectivity index (χ3v) is 7.54. The van der Waals surface area contributed by atoms with E-state index in [4.69, 9.17) is 4.74 Å². The number of ether oxygens (including phenoxy) is 1. The van der Waals surface area contributed by atoms with Gasteiger partial charge in [-0.1, -0.05) is 60.7 Å². The number of carbonyl (C=O) groups is 3. The molecule has 0 spiro atoms. The molecule has 1 aliphatic heterocycles. The number of anilines is 1. The van der Waals surface area contributed by atoms with Gasteiger partial charge in [0.1, 0.15) is 0 Å². The van der Waals surface area contributed by atoms with Crippen LogP contribution in [0.4, 0.5) is 5.69 Å². The van der Waals surface area contributed by atoms with Gasteiger partial charge in [0.05, 0.1) is 29.8 Å².